The second-order valence-electron chi connectivity index (χ2n) is 6.40. The molecule has 1 aromatic rings. The van der Waals surface area contributed by atoms with E-state index in [1.807, 2.05) is 13.8 Å². The summed E-state index contributed by atoms with van der Waals surface area (Å²) in [5.41, 5.74) is 0.700. The van der Waals surface area contributed by atoms with Gasteiger partial charge >= 0.3 is 0 Å². The first-order chi connectivity index (χ1) is 11.3. The molecule has 5 nitrogen and oxygen atoms in total. The second-order valence-corrected chi connectivity index (χ2v) is 8.80. The first-order valence-corrected chi connectivity index (χ1v) is 10.3. The van der Waals surface area contributed by atoms with E-state index >= 15 is 0 Å². The third kappa shape index (κ3) is 5.19. The van der Waals surface area contributed by atoms with Crippen molar-refractivity contribution in [1.82, 2.24) is 9.62 Å². The average molecular weight is 373 g/mol. The van der Waals surface area contributed by atoms with Gasteiger partial charge in [0.15, 0.2) is 0 Å². The molecule has 1 aliphatic heterocycles. The Hall–Kier alpha value is -1.11. The molecule has 2 rings (SSSR count). The standard InChI is InChI=1S/C17H25ClN2O3S/c1-3-13(2)19-17(21)15-5-4-10-20(11-15)24(22,23)12-14-6-8-16(18)9-7-14/h6-9,13,15H,3-5,10-12H2,1-2H3,(H,19,21)/t13-,15-/m1/s1. The van der Waals surface area contributed by atoms with Gasteiger partial charge in [0.2, 0.25) is 15.9 Å². The van der Waals surface area contributed by atoms with E-state index in [9.17, 15) is 13.2 Å². The van der Waals surface area contributed by atoms with Crippen molar-refractivity contribution in [2.75, 3.05) is 13.1 Å². The van der Waals surface area contributed by atoms with Gasteiger partial charge in [0.25, 0.3) is 0 Å². The number of rotatable bonds is 6. The highest BCUT2D eigenvalue weighted by molar-refractivity contribution is 7.88. The Morgan fingerprint density at radius 1 is 1.38 bits per heavy atom. The zero-order valence-corrected chi connectivity index (χ0v) is 15.7. The number of benzene rings is 1. The van der Waals surface area contributed by atoms with Gasteiger partial charge in [0.05, 0.1) is 11.7 Å². The zero-order valence-electron chi connectivity index (χ0n) is 14.2. The normalized spacial score (nSPS) is 20.5. The molecule has 2 atom stereocenters. The summed E-state index contributed by atoms with van der Waals surface area (Å²) >= 11 is 5.83. The first kappa shape index (κ1) is 19.2. The van der Waals surface area contributed by atoms with Crippen LogP contribution >= 0.6 is 11.6 Å². The summed E-state index contributed by atoms with van der Waals surface area (Å²) in [6, 6.07) is 6.92. The SMILES string of the molecule is CC[C@@H](C)NC(=O)[C@@H]1CCCN(S(=O)(=O)Cc2ccc(Cl)cc2)C1. The molecule has 1 N–H and O–H groups in total. The van der Waals surface area contributed by atoms with Crippen molar-refractivity contribution in [3.8, 4) is 0 Å². The minimum Gasteiger partial charge on any atom is -0.353 e. The molecule has 0 aliphatic carbocycles. The lowest BCUT2D eigenvalue weighted by atomic mass is 9.98. The van der Waals surface area contributed by atoms with Gasteiger partial charge in [-0.25, -0.2) is 12.7 Å². The summed E-state index contributed by atoms with van der Waals surface area (Å²) in [4.78, 5) is 12.3. The van der Waals surface area contributed by atoms with Gasteiger partial charge < -0.3 is 5.32 Å². The van der Waals surface area contributed by atoms with E-state index in [0.29, 0.717) is 23.6 Å². The molecule has 1 aromatic carbocycles. The number of carbonyl (C=O) groups is 1. The number of hydrogen-bond acceptors (Lipinski definition) is 3. The molecular formula is C17H25ClN2O3S. The Morgan fingerprint density at radius 2 is 2.04 bits per heavy atom. The minimum atomic E-state index is -3.44. The van der Waals surface area contributed by atoms with Gasteiger partial charge in [-0.1, -0.05) is 30.7 Å². The fourth-order valence-electron chi connectivity index (χ4n) is 2.75. The molecule has 0 radical (unpaired) electrons. The number of sulfonamides is 1. The maximum Gasteiger partial charge on any atom is 0.224 e. The van der Waals surface area contributed by atoms with Crippen molar-refractivity contribution in [2.45, 2.75) is 44.9 Å². The van der Waals surface area contributed by atoms with Crippen LogP contribution in [0.4, 0.5) is 0 Å². The number of piperidine rings is 1. The zero-order chi connectivity index (χ0) is 17.7. The summed E-state index contributed by atoms with van der Waals surface area (Å²) in [6.07, 6.45) is 2.30. The van der Waals surface area contributed by atoms with E-state index in [2.05, 4.69) is 5.32 Å². The van der Waals surface area contributed by atoms with Crippen LogP contribution in [0.2, 0.25) is 5.02 Å². The van der Waals surface area contributed by atoms with E-state index in [1.165, 1.54) is 4.31 Å². The van der Waals surface area contributed by atoms with Crippen molar-refractivity contribution < 1.29 is 13.2 Å². The number of hydrogen-bond donors (Lipinski definition) is 1. The second kappa shape index (κ2) is 8.32. The van der Waals surface area contributed by atoms with Crippen LogP contribution in [-0.4, -0.2) is 37.8 Å². The van der Waals surface area contributed by atoms with Crippen molar-refractivity contribution >= 4 is 27.5 Å². The highest BCUT2D eigenvalue weighted by Gasteiger charge is 2.32. The Labute approximate surface area is 149 Å². The number of nitrogens with zero attached hydrogens (tertiary/aromatic N) is 1. The topological polar surface area (TPSA) is 66.5 Å². The van der Waals surface area contributed by atoms with Gasteiger partial charge in [-0.05, 0) is 43.9 Å². The summed E-state index contributed by atoms with van der Waals surface area (Å²) in [6.45, 7) is 4.70. The Balaban J connectivity index is 2.02. The van der Waals surface area contributed by atoms with E-state index in [-0.39, 0.29) is 30.2 Å². The predicted molar refractivity (Wildman–Crippen MR) is 96.3 cm³/mol. The summed E-state index contributed by atoms with van der Waals surface area (Å²) in [7, 11) is -3.44. The van der Waals surface area contributed by atoms with Gasteiger partial charge in [-0.3, -0.25) is 4.79 Å². The van der Waals surface area contributed by atoms with Crippen LogP contribution in [0.5, 0.6) is 0 Å². The summed E-state index contributed by atoms with van der Waals surface area (Å²) in [5, 5.41) is 3.53. The molecular weight excluding hydrogens is 348 g/mol. The third-order valence-corrected chi connectivity index (χ3v) is 6.48. The van der Waals surface area contributed by atoms with Crippen LogP contribution < -0.4 is 5.32 Å². The maximum absolute atomic E-state index is 12.6. The average Bonchev–Trinajstić information content (AvgIpc) is 2.56. The number of halogens is 1. The van der Waals surface area contributed by atoms with Gasteiger partial charge in [0.1, 0.15) is 0 Å². The van der Waals surface area contributed by atoms with Gasteiger partial charge in [0, 0.05) is 24.2 Å². The molecule has 24 heavy (non-hydrogen) atoms. The van der Waals surface area contributed by atoms with Crippen molar-refractivity contribution in [2.24, 2.45) is 5.92 Å². The van der Waals surface area contributed by atoms with Crippen molar-refractivity contribution in [1.29, 1.82) is 0 Å². The molecule has 1 aliphatic rings. The fourth-order valence-corrected chi connectivity index (χ4v) is 4.49. The summed E-state index contributed by atoms with van der Waals surface area (Å²) < 4.78 is 26.7. The molecule has 1 amide bonds. The van der Waals surface area contributed by atoms with Gasteiger partial charge in [-0.2, -0.15) is 0 Å². The van der Waals surface area contributed by atoms with Crippen molar-refractivity contribution in [3.05, 3.63) is 34.9 Å². The smallest absolute Gasteiger partial charge is 0.224 e. The Kier molecular flexibility index (Phi) is 6.66. The van der Waals surface area contributed by atoms with E-state index in [0.717, 1.165) is 12.8 Å². The maximum atomic E-state index is 12.6. The molecule has 0 spiro atoms. The molecule has 0 saturated carbocycles. The largest absolute Gasteiger partial charge is 0.353 e. The van der Waals surface area contributed by atoms with E-state index < -0.39 is 10.0 Å². The van der Waals surface area contributed by atoms with Crippen LogP contribution in [0, 0.1) is 5.92 Å². The van der Waals surface area contributed by atoms with Crippen LogP contribution in [0.1, 0.15) is 38.7 Å². The molecule has 7 heteroatoms. The molecule has 0 bridgehead atoms. The van der Waals surface area contributed by atoms with E-state index in [1.54, 1.807) is 24.3 Å². The van der Waals surface area contributed by atoms with Crippen LogP contribution in [-0.2, 0) is 20.6 Å². The monoisotopic (exact) mass is 372 g/mol. The molecule has 1 heterocycles. The lowest BCUT2D eigenvalue weighted by Gasteiger charge is -2.31. The van der Waals surface area contributed by atoms with Crippen LogP contribution in [0.25, 0.3) is 0 Å². The van der Waals surface area contributed by atoms with E-state index in [4.69, 9.17) is 11.6 Å². The highest BCUT2D eigenvalue weighted by Crippen LogP contribution is 2.22. The number of carbonyl (C=O) groups excluding carboxylic acids is 1. The minimum absolute atomic E-state index is 0.0456. The molecule has 1 saturated heterocycles. The molecule has 134 valence electrons. The lowest BCUT2D eigenvalue weighted by Crippen LogP contribution is -2.47. The molecule has 0 unspecified atom stereocenters. The first-order valence-electron chi connectivity index (χ1n) is 8.34. The van der Waals surface area contributed by atoms with Crippen LogP contribution in [0.3, 0.4) is 0 Å². The van der Waals surface area contributed by atoms with Crippen LogP contribution in [0.15, 0.2) is 24.3 Å². The van der Waals surface area contributed by atoms with Gasteiger partial charge in [-0.15, -0.1) is 0 Å². The Bertz CT molecular complexity index is 661. The summed E-state index contributed by atoms with van der Waals surface area (Å²) in [5.74, 6) is -0.382. The predicted octanol–water partition coefficient (Wildman–Crippen LogP) is 2.80. The third-order valence-electron chi connectivity index (χ3n) is 4.41. The Morgan fingerprint density at radius 3 is 2.67 bits per heavy atom. The molecule has 0 aromatic heterocycles. The lowest BCUT2D eigenvalue weighted by molar-refractivity contribution is -0.126. The quantitative estimate of drug-likeness (QED) is 0.834. The number of amides is 1. The number of nitrogens with one attached hydrogen (secondary N) is 1. The fraction of sp³-hybridized carbons (Fsp3) is 0.588. The van der Waals surface area contributed by atoms with Crippen molar-refractivity contribution in [3.63, 3.8) is 0 Å². The molecule has 1 fully saturated rings. The highest BCUT2D eigenvalue weighted by atomic mass is 35.5.